The number of imidazole rings is 3. The van der Waals surface area contributed by atoms with Crippen LogP contribution in [0.15, 0.2) is 133 Å². The van der Waals surface area contributed by atoms with Crippen molar-refractivity contribution in [2.24, 2.45) is 0 Å². The van der Waals surface area contributed by atoms with Crippen LogP contribution in [0.2, 0.25) is 0 Å². The number of fused-ring (bicyclic) bond motifs is 9. The highest BCUT2D eigenvalue weighted by Crippen LogP contribution is 2.36. The Morgan fingerprint density at radius 3 is 1.82 bits per heavy atom. The molecule has 1 atom stereocenters. The molecule has 0 radical (unpaired) electrons. The number of nitrogen functional groups attached to an aromatic ring is 3. The molecule has 8 N–H and O–H groups in total. The lowest BCUT2D eigenvalue weighted by molar-refractivity contribution is -0.129. The van der Waals surface area contributed by atoms with Crippen molar-refractivity contribution >= 4 is 112 Å². The fourth-order valence-corrected chi connectivity index (χ4v) is 13.3. The summed E-state index contributed by atoms with van der Waals surface area (Å²) >= 11 is 1.71. The monoisotopic (exact) mass is 1190 g/mol. The van der Waals surface area contributed by atoms with Crippen molar-refractivity contribution in [3.8, 4) is 27.4 Å². The average Bonchev–Trinajstić information content (AvgIpc) is 2.10. The fraction of sp³-hybridized carbons (Fsp3) is 0.246. The number of nitrogens with zero attached hydrogens (tertiary/aromatic N) is 14. The molecule has 442 valence electrons. The lowest BCUT2D eigenvalue weighted by Crippen LogP contribution is -2.25. The van der Waals surface area contributed by atoms with E-state index >= 15 is 0 Å². The third-order valence-electron chi connectivity index (χ3n) is 16.9. The summed E-state index contributed by atoms with van der Waals surface area (Å²) in [6.07, 6.45) is 8.94. The molecule has 3 saturated heterocycles. The number of carbonyl (C=O) groups excluding carboxylic acids is 3. The van der Waals surface area contributed by atoms with E-state index in [0.29, 0.717) is 79.8 Å². The highest BCUT2D eigenvalue weighted by atomic mass is 32.1. The van der Waals surface area contributed by atoms with Crippen molar-refractivity contribution in [2.75, 3.05) is 36.8 Å². The first-order valence-corrected chi connectivity index (χ1v) is 30.5. The van der Waals surface area contributed by atoms with Crippen LogP contribution in [0.4, 0.5) is 17.5 Å². The van der Waals surface area contributed by atoms with Crippen molar-refractivity contribution in [2.45, 2.75) is 84.6 Å². The van der Waals surface area contributed by atoms with Crippen LogP contribution in [-0.4, -0.2) is 116 Å². The number of pyridine rings is 3. The summed E-state index contributed by atoms with van der Waals surface area (Å²) in [5.74, 6) is 4.40. The number of anilines is 3. The lowest BCUT2D eigenvalue weighted by atomic mass is 9.99. The molecule has 0 spiro atoms. The first-order chi connectivity index (χ1) is 43.0. The molecule has 0 aliphatic carbocycles. The van der Waals surface area contributed by atoms with Gasteiger partial charge in [0.2, 0.25) is 17.7 Å². The van der Waals surface area contributed by atoms with Gasteiger partial charge in [-0.2, -0.15) is 10.2 Å². The van der Waals surface area contributed by atoms with Gasteiger partial charge in [0, 0.05) is 103 Å². The van der Waals surface area contributed by atoms with E-state index in [1.54, 1.807) is 28.4 Å². The molecule has 0 saturated carbocycles. The third kappa shape index (κ3) is 10.3. The van der Waals surface area contributed by atoms with Crippen molar-refractivity contribution in [3.63, 3.8) is 0 Å². The van der Waals surface area contributed by atoms with Crippen LogP contribution in [0, 0.1) is 0 Å². The van der Waals surface area contributed by atoms with Gasteiger partial charge in [-0.05, 0) is 104 Å². The first kappa shape index (κ1) is 55.3. The van der Waals surface area contributed by atoms with Gasteiger partial charge in [-0.15, -0.1) is 11.3 Å². The molecule has 9 aromatic heterocycles. The summed E-state index contributed by atoms with van der Waals surface area (Å²) < 4.78 is 6.10. The van der Waals surface area contributed by atoms with Crippen LogP contribution in [-0.2, 0) is 47.1 Å². The van der Waals surface area contributed by atoms with E-state index < -0.39 is 0 Å². The average molecular weight is 1190 g/mol. The molecule has 12 heterocycles. The van der Waals surface area contributed by atoms with Gasteiger partial charge < -0.3 is 46.0 Å². The smallest absolute Gasteiger partial charge is 0.223 e. The van der Waals surface area contributed by atoms with E-state index in [4.69, 9.17) is 32.2 Å². The summed E-state index contributed by atoms with van der Waals surface area (Å²) in [5, 5.41) is 16.3. The van der Waals surface area contributed by atoms with Crippen molar-refractivity contribution in [3.05, 3.63) is 156 Å². The molecule has 13 aromatic rings. The van der Waals surface area contributed by atoms with Gasteiger partial charge in [-0.25, -0.2) is 34.6 Å². The van der Waals surface area contributed by atoms with Crippen molar-refractivity contribution in [1.29, 1.82) is 0 Å². The number of nitrogens with two attached hydrogens (primary N) is 3. The Labute approximate surface area is 508 Å². The van der Waals surface area contributed by atoms with Gasteiger partial charge in [-0.1, -0.05) is 48.5 Å². The molecular weight excluding hydrogens is 1130 g/mol. The number of rotatable bonds is 12. The predicted octanol–water partition coefficient (Wildman–Crippen LogP) is 10.1. The molecule has 88 heavy (non-hydrogen) atoms. The molecule has 3 fully saturated rings. The maximum Gasteiger partial charge on any atom is 0.223 e. The van der Waals surface area contributed by atoms with Gasteiger partial charge in [0.15, 0.2) is 11.6 Å². The van der Waals surface area contributed by atoms with Crippen LogP contribution < -0.4 is 17.2 Å². The van der Waals surface area contributed by atoms with Gasteiger partial charge in [-0.3, -0.25) is 19.5 Å². The van der Waals surface area contributed by atoms with E-state index in [-0.39, 0.29) is 23.6 Å². The second kappa shape index (κ2) is 23.0. The summed E-state index contributed by atoms with van der Waals surface area (Å²) in [6, 6.07) is 36.5. The fourth-order valence-electron chi connectivity index (χ4n) is 12.6. The van der Waals surface area contributed by atoms with Crippen LogP contribution in [0.25, 0.3) is 93.2 Å². The predicted molar refractivity (Wildman–Crippen MR) is 343 cm³/mol. The second-order valence-corrected chi connectivity index (χ2v) is 23.3. The number of benzene rings is 4. The van der Waals surface area contributed by atoms with Crippen molar-refractivity contribution in [1.82, 2.24) is 78.7 Å². The molecule has 1 unspecified atom stereocenters. The van der Waals surface area contributed by atoms with E-state index in [0.717, 1.165) is 128 Å². The Bertz CT molecular complexity index is 4590. The number of carbonyl (C=O) groups is 3. The molecule has 22 nitrogen and oxygen atoms in total. The Kier molecular flexibility index (Phi) is 14.5. The third-order valence-corrected chi connectivity index (χ3v) is 17.8. The number of likely N-dealkylation sites (tertiary alicyclic amines) is 3. The zero-order valence-electron chi connectivity index (χ0n) is 48.6. The highest BCUT2D eigenvalue weighted by Gasteiger charge is 2.32. The minimum absolute atomic E-state index is 0.138. The van der Waals surface area contributed by atoms with Gasteiger partial charge >= 0.3 is 0 Å². The first-order valence-electron chi connectivity index (χ1n) is 29.6. The normalized spacial score (nSPS) is 15.3. The van der Waals surface area contributed by atoms with Gasteiger partial charge in [0.1, 0.15) is 45.4 Å². The molecule has 16 rings (SSSR count). The molecule has 0 bridgehead atoms. The molecule has 3 amide bonds. The zero-order valence-corrected chi connectivity index (χ0v) is 49.4. The van der Waals surface area contributed by atoms with E-state index in [9.17, 15) is 14.4 Å². The van der Waals surface area contributed by atoms with Gasteiger partial charge in [0.25, 0.3) is 0 Å². The molecule has 3 aliphatic heterocycles. The minimum Gasteiger partial charge on any atom is -0.382 e. The number of hydrogen-bond acceptors (Lipinski definition) is 15. The van der Waals surface area contributed by atoms with E-state index in [1.165, 1.54) is 10.4 Å². The number of aromatic nitrogens is 13. The molecule has 4 aromatic carbocycles. The molecule has 23 heteroatoms. The van der Waals surface area contributed by atoms with Crippen LogP contribution in [0.1, 0.15) is 74.9 Å². The Balaban J connectivity index is 0.000000116. The van der Waals surface area contributed by atoms with E-state index in [2.05, 4.69) is 106 Å². The summed E-state index contributed by atoms with van der Waals surface area (Å²) in [7, 11) is 0. The number of amides is 3. The van der Waals surface area contributed by atoms with Crippen molar-refractivity contribution < 1.29 is 14.4 Å². The maximum atomic E-state index is 12.6. The second-order valence-electron chi connectivity index (χ2n) is 22.3. The maximum absolute atomic E-state index is 12.6. The highest BCUT2D eigenvalue weighted by molar-refractivity contribution is 7.13. The van der Waals surface area contributed by atoms with Gasteiger partial charge in [0.05, 0.1) is 58.6 Å². The minimum atomic E-state index is 0.138. The topological polar surface area (TPSA) is 288 Å². The SMILES string of the molecule is CCn1c(CN2CCCC2=O)nc2c(N)nc3cc(-c4cccs4)ccc3c21.CCn1c(CN2CCCC2=O)nc2c(N)nc3cc(-c4ccn[nH]4)ccc3c21.Nc1nc2cc(-n3cccn3)ccc2c2nc(CN3CC(c4ccccc4)CC3=O)[nH]c12. The molecule has 3 aliphatic rings. The number of aromatic amines is 2. The molecular formula is C65H63N19O3S. The lowest BCUT2D eigenvalue weighted by Gasteiger charge is -2.16. The Morgan fingerprint density at radius 2 is 1.23 bits per heavy atom. The number of thiophene rings is 1. The number of nitrogens with one attached hydrogen (secondary N) is 2. The Morgan fingerprint density at radius 1 is 0.591 bits per heavy atom. The van der Waals surface area contributed by atoms with Crippen LogP contribution in [0.5, 0.6) is 0 Å². The van der Waals surface area contributed by atoms with Crippen LogP contribution in [0.3, 0.4) is 0 Å². The summed E-state index contributed by atoms with van der Waals surface area (Å²) in [5.41, 5.74) is 31.3. The Hall–Kier alpha value is -10.6. The zero-order chi connectivity index (χ0) is 60.2. The largest absolute Gasteiger partial charge is 0.382 e. The number of aryl methyl sites for hydroxylation is 2. The number of hydrogen-bond donors (Lipinski definition) is 5. The number of H-pyrrole nitrogens is 2. The summed E-state index contributed by atoms with van der Waals surface area (Å²) in [6.45, 7) is 9.40. The quantitative estimate of drug-likeness (QED) is 0.0761. The van der Waals surface area contributed by atoms with E-state index in [1.807, 2.05) is 87.6 Å². The standard InChI is InChI=1S/C24H21N7O.C21H21N5OS.C20H21N7O/c25-24-23-22(18-8-7-17(12-19(18)27-24)31-10-4-9-26-31)28-20(29-23)14-30-13-16(11-21(30)32)15-5-2-1-3-6-15;1-2-26-17(12-25-9-3-6-18(25)27)24-19-20(26)14-8-7-13(16-5-4-10-28-16)11-15(14)23-21(19)22;1-2-27-16(11-26-9-3-4-17(26)28)24-18-19(27)13-6-5-12(14-7-8-22-25-14)10-15(13)23-20(18)21/h1-10,12,16H,11,13-14H2,(H2,25,27)(H,28,29);4-5,7-8,10-11H,2-3,6,9,12H2,1H3,(H2,22,23);5-8,10H,2-4,9,11H2,1H3,(H2,21,23)(H,22,25). The summed E-state index contributed by atoms with van der Waals surface area (Å²) in [4.78, 5) is 75.1. The van der Waals surface area contributed by atoms with Crippen LogP contribution >= 0.6 is 11.3 Å².